The predicted octanol–water partition coefficient (Wildman–Crippen LogP) is 2.15. The molecule has 4 saturated carbocycles. The van der Waals surface area contributed by atoms with Crippen LogP contribution in [0.25, 0.3) is 0 Å². The third-order valence-electron chi connectivity index (χ3n) is 5.03. The molecular weight excluding hydrogens is 306 g/mol. The van der Waals surface area contributed by atoms with Gasteiger partial charge in [-0.05, 0) is 56.3 Å². The quantitative estimate of drug-likeness (QED) is 0.572. The Labute approximate surface area is 123 Å². The fraction of sp³-hybridized carbons (Fsp3) is 0.923. The van der Waals surface area contributed by atoms with Gasteiger partial charge in [0.1, 0.15) is 0 Å². The summed E-state index contributed by atoms with van der Waals surface area (Å²) >= 11 is -3.35. The second kappa shape index (κ2) is 5.24. The molecule has 4 rings (SSSR count). The molecular formula is C13H17F2O5S-. The Morgan fingerprint density at radius 2 is 1.67 bits per heavy atom. The summed E-state index contributed by atoms with van der Waals surface area (Å²) in [5.41, 5.74) is -0.637. The van der Waals surface area contributed by atoms with E-state index in [0.717, 1.165) is 19.3 Å². The number of rotatable bonds is 5. The van der Waals surface area contributed by atoms with Crippen molar-refractivity contribution in [1.29, 1.82) is 0 Å². The summed E-state index contributed by atoms with van der Waals surface area (Å²) in [7, 11) is 0. The highest BCUT2D eigenvalue weighted by molar-refractivity contribution is 7.74. The molecule has 8 heteroatoms. The number of carbonyl (C=O) groups is 1. The molecule has 1 atom stereocenters. The van der Waals surface area contributed by atoms with Crippen LogP contribution in [0, 0.1) is 23.2 Å². The van der Waals surface area contributed by atoms with Gasteiger partial charge in [-0.25, -0.2) is 8.39 Å². The molecule has 0 aliphatic heterocycles. The Hall–Kier alpha value is -0.600. The van der Waals surface area contributed by atoms with E-state index in [1.165, 1.54) is 0 Å². The average Bonchev–Trinajstić information content (AvgIpc) is 2.32. The zero-order valence-electron chi connectivity index (χ0n) is 11.4. The Morgan fingerprint density at radius 1 is 1.19 bits per heavy atom. The number of hydrogen-bond acceptors (Lipinski definition) is 5. The summed E-state index contributed by atoms with van der Waals surface area (Å²) in [4.78, 5) is 12.3. The zero-order chi connectivity index (χ0) is 15.3. The molecule has 0 aromatic heterocycles. The van der Waals surface area contributed by atoms with Crippen molar-refractivity contribution in [2.45, 2.75) is 44.6 Å². The molecule has 21 heavy (non-hydrogen) atoms. The fourth-order valence-electron chi connectivity index (χ4n) is 4.79. The fourth-order valence-corrected chi connectivity index (χ4v) is 5.03. The van der Waals surface area contributed by atoms with Gasteiger partial charge in [0.15, 0.2) is 6.61 Å². The van der Waals surface area contributed by atoms with Crippen molar-refractivity contribution in [3.63, 3.8) is 0 Å². The van der Waals surface area contributed by atoms with Gasteiger partial charge in [-0.2, -0.15) is 8.78 Å². The van der Waals surface area contributed by atoms with Crippen LogP contribution in [0.15, 0.2) is 0 Å². The van der Waals surface area contributed by atoms with Gasteiger partial charge >= 0.3 is 12.1 Å². The van der Waals surface area contributed by atoms with Gasteiger partial charge in [0.25, 0.3) is 0 Å². The van der Waals surface area contributed by atoms with Gasteiger partial charge in [0.2, 0.25) is 0 Å². The minimum Gasteiger partial charge on any atom is -0.750 e. The molecule has 4 aliphatic rings. The molecule has 4 bridgehead atoms. The Kier molecular flexibility index (Phi) is 3.82. The van der Waals surface area contributed by atoms with E-state index in [2.05, 4.69) is 4.18 Å². The van der Waals surface area contributed by atoms with E-state index in [1.54, 1.807) is 0 Å². The molecule has 0 saturated heterocycles. The Bertz CT molecular complexity index is 432. The maximum Gasteiger partial charge on any atom is 0.401 e. The smallest absolute Gasteiger partial charge is 0.401 e. The third kappa shape index (κ3) is 3.12. The van der Waals surface area contributed by atoms with Gasteiger partial charge in [-0.1, -0.05) is 0 Å². The minimum atomic E-state index is -4.01. The second-order valence-electron chi connectivity index (χ2n) is 6.70. The first kappa shape index (κ1) is 15.3. The number of halogens is 2. The lowest BCUT2D eigenvalue weighted by molar-refractivity contribution is -0.221. The van der Waals surface area contributed by atoms with Crippen molar-refractivity contribution in [2.75, 3.05) is 6.61 Å². The van der Waals surface area contributed by atoms with E-state index in [-0.39, 0.29) is 0 Å². The lowest BCUT2D eigenvalue weighted by atomic mass is 9.49. The molecule has 0 aromatic carbocycles. The molecule has 4 fully saturated rings. The van der Waals surface area contributed by atoms with Gasteiger partial charge in [-0.3, -0.25) is 4.79 Å². The molecule has 1 unspecified atom stereocenters. The van der Waals surface area contributed by atoms with Crippen LogP contribution in [0.2, 0.25) is 0 Å². The van der Waals surface area contributed by atoms with Crippen LogP contribution in [0.4, 0.5) is 8.78 Å². The van der Waals surface area contributed by atoms with Crippen molar-refractivity contribution in [3.05, 3.63) is 0 Å². The number of carbonyl (C=O) groups excluding carboxylic acids is 1. The summed E-state index contributed by atoms with van der Waals surface area (Å²) in [6, 6.07) is 0. The summed E-state index contributed by atoms with van der Waals surface area (Å²) in [5.74, 6) is 0.862. The molecule has 4 aliphatic carbocycles. The molecule has 120 valence electrons. The van der Waals surface area contributed by atoms with Crippen LogP contribution in [0.3, 0.4) is 0 Å². The first-order valence-electron chi connectivity index (χ1n) is 7.12. The van der Waals surface area contributed by atoms with Crippen molar-refractivity contribution >= 4 is 17.3 Å². The lowest BCUT2D eigenvalue weighted by Gasteiger charge is -2.55. The van der Waals surface area contributed by atoms with Gasteiger partial charge in [-0.15, -0.1) is 0 Å². The second-order valence-corrected chi connectivity index (χ2v) is 7.27. The SMILES string of the molecule is O=C(OCC(F)(F)OS(=O)[O-])C12CC3CC(CC(C3)C1)C2. The number of alkyl halides is 2. The molecule has 0 amide bonds. The van der Waals surface area contributed by atoms with Crippen molar-refractivity contribution in [1.82, 2.24) is 0 Å². The van der Waals surface area contributed by atoms with Crippen LogP contribution in [0.1, 0.15) is 38.5 Å². The van der Waals surface area contributed by atoms with E-state index < -0.39 is 35.5 Å². The number of hydrogen-bond donors (Lipinski definition) is 0. The van der Waals surface area contributed by atoms with Crippen molar-refractivity contribution < 1.29 is 31.3 Å². The maximum absolute atomic E-state index is 13.1. The van der Waals surface area contributed by atoms with E-state index >= 15 is 0 Å². The molecule has 0 radical (unpaired) electrons. The monoisotopic (exact) mass is 323 g/mol. The van der Waals surface area contributed by atoms with E-state index in [1.807, 2.05) is 0 Å². The topological polar surface area (TPSA) is 75.7 Å². The summed E-state index contributed by atoms with van der Waals surface area (Å²) in [6.07, 6.45) is 1.49. The highest BCUT2D eigenvalue weighted by Gasteiger charge is 2.55. The van der Waals surface area contributed by atoms with Gasteiger partial charge in [0.05, 0.1) is 16.8 Å². The van der Waals surface area contributed by atoms with Crippen molar-refractivity contribution in [2.24, 2.45) is 23.2 Å². The van der Waals surface area contributed by atoms with Crippen LogP contribution >= 0.6 is 0 Å². The normalized spacial score (nSPS) is 39.3. The maximum atomic E-state index is 13.1. The third-order valence-corrected chi connectivity index (χ3v) is 5.41. The summed E-state index contributed by atoms with van der Waals surface area (Å²) in [6.45, 7) is -1.36. The number of ether oxygens (including phenoxy) is 1. The van der Waals surface area contributed by atoms with Gasteiger partial charge < -0.3 is 9.29 Å². The van der Waals surface area contributed by atoms with E-state index in [4.69, 9.17) is 4.74 Å². The highest BCUT2D eigenvalue weighted by atomic mass is 32.2. The summed E-state index contributed by atoms with van der Waals surface area (Å²) in [5, 5.41) is 0. The molecule has 0 aromatic rings. The molecule has 0 spiro atoms. The first-order valence-corrected chi connectivity index (χ1v) is 8.12. The minimum absolute atomic E-state index is 0.495. The van der Waals surface area contributed by atoms with Crippen LogP contribution < -0.4 is 0 Å². The van der Waals surface area contributed by atoms with Crippen molar-refractivity contribution in [3.8, 4) is 0 Å². The lowest BCUT2D eigenvalue weighted by Crippen LogP contribution is -2.51. The van der Waals surface area contributed by atoms with E-state index in [0.29, 0.717) is 37.0 Å². The van der Waals surface area contributed by atoms with Crippen LogP contribution in [0.5, 0.6) is 0 Å². The predicted molar refractivity (Wildman–Crippen MR) is 66.5 cm³/mol. The molecule has 0 N–H and O–H groups in total. The Balaban J connectivity index is 1.62. The first-order chi connectivity index (χ1) is 9.78. The Morgan fingerprint density at radius 3 is 2.10 bits per heavy atom. The molecule has 5 nitrogen and oxygen atoms in total. The van der Waals surface area contributed by atoms with Gasteiger partial charge in [0, 0.05) is 0 Å². The van der Waals surface area contributed by atoms with Crippen LogP contribution in [-0.4, -0.2) is 27.4 Å². The zero-order valence-corrected chi connectivity index (χ0v) is 12.2. The van der Waals surface area contributed by atoms with E-state index in [9.17, 15) is 22.3 Å². The highest BCUT2D eigenvalue weighted by Crippen LogP contribution is 2.60. The average molecular weight is 323 g/mol. The molecule has 0 heterocycles. The largest absolute Gasteiger partial charge is 0.750 e. The van der Waals surface area contributed by atoms with Crippen LogP contribution in [-0.2, 0) is 25.1 Å². The number of esters is 1. The summed E-state index contributed by atoms with van der Waals surface area (Å²) < 4.78 is 54.6. The standard InChI is InChI=1S/C13H18F2O5S/c14-13(15,20-21(17)18)7-19-11(16)12-4-8-1-9(5-12)3-10(2-8)6-12/h8-10H,1-7H2,(H,17,18)/p-1.